The summed E-state index contributed by atoms with van der Waals surface area (Å²) in [5.41, 5.74) is -0.413. The quantitative estimate of drug-likeness (QED) is 0.0500. The van der Waals surface area contributed by atoms with E-state index in [2.05, 4.69) is 39.5 Å². The first kappa shape index (κ1) is 50.9. The van der Waals surface area contributed by atoms with Crippen molar-refractivity contribution in [3.05, 3.63) is 0 Å². The van der Waals surface area contributed by atoms with Crippen LogP contribution in [0.3, 0.4) is 0 Å². The van der Waals surface area contributed by atoms with Gasteiger partial charge in [0, 0.05) is 13.0 Å². The molecule has 6 nitrogen and oxygen atoms in total. The van der Waals surface area contributed by atoms with E-state index in [4.69, 9.17) is 9.47 Å². The van der Waals surface area contributed by atoms with Crippen molar-refractivity contribution in [1.82, 2.24) is 4.90 Å². The Morgan fingerprint density at radius 2 is 1.04 bits per heavy atom. The molecule has 1 N–H and O–H groups in total. The topological polar surface area (TPSA) is 76.1 Å². The molecule has 0 rings (SSSR count). The van der Waals surface area contributed by atoms with Crippen LogP contribution in [0, 0.1) is 16.7 Å². The molecule has 0 heterocycles. The van der Waals surface area contributed by atoms with Gasteiger partial charge in [-0.3, -0.25) is 9.59 Å². The van der Waals surface area contributed by atoms with Gasteiger partial charge < -0.3 is 19.5 Å². The summed E-state index contributed by atoms with van der Waals surface area (Å²) in [6.07, 6.45) is 32.9. The van der Waals surface area contributed by atoms with E-state index in [1.807, 2.05) is 13.8 Å². The summed E-state index contributed by atoms with van der Waals surface area (Å²) in [5, 5.41) is 9.62. The molecule has 0 aromatic rings. The smallest absolute Gasteiger partial charge is 0.311 e. The summed E-state index contributed by atoms with van der Waals surface area (Å²) in [6.45, 7) is 19.3. The molecule has 0 unspecified atom stereocenters. The first-order valence-electron chi connectivity index (χ1n) is 22.7. The van der Waals surface area contributed by atoms with Crippen molar-refractivity contribution in [2.75, 3.05) is 39.5 Å². The van der Waals surface area contributed by atoms with Crippen LogP contribution in [0.25, 0.3) is 0 Å². The largest absolute Gasteiger partial charge is 0.465 e. The van der Waals surface area contributed by atoms with Gasteiger partial charge in [-0.05, 0) is 76.8 Å². The number of nitrogens with zero attached hydrogens (tertiary/aromatic N) is 1. The van der Waals surface area contributed by atoms with Crippen LogP contribution in [0.4, 0.5) is 0 Å². The molecule has 0 fully saturated rings. The third kappa shape index (κ3) is 31.2. The van der Waals surface area contributed by atoms with Crippen LogP contribution in [0.15, 0.2) is 0 Å². The second-order valence-corrected chi connectivity index (χ2v) is 17.6. The minimum Gasteiger partial charge on any atom is -0.465 e. The predicted molar refractivity (Wildman–Crippen MR) is 223 cm³/mol. The number of ether oxygens (including phenoxy) is 2. The summed E-state index contributed by atoms with van der Waals surface area (Å²) < 4.78 is 11.4. The zero-order valence-corrected chi connectivity index (χ0v) is 36.1. The minimum atomic E-state index is -0.412. The molecule has 52 heavy (non-hydrogen) atoms. The van der Waals surface area contributed by atoms with E-state index in [1.54, 1.807) is 0 Å². The molecule has 0 spiro atoms. The first-order chi connectivity index (χ1) is 25.0. The fraction of sp³-hybridized carbons (Fsp3) is 0.957. The van der Waals surface area contributed by atoms with Crippen LogP contribution in [-0.2, 0) is 19.1 Å². The van der Waals surface area contributed by atoms with Gasteiger partial charge >= 0.3 is 11.9 Å². The lowest BCUT2D eigenvalue weighted by Crippen LogP contribution is -2.29. The van der Waals surface area contributed by atoms with Gasteiger partial charge in [0.25, 0.3) is 0 Å². The van der Waals surface area contributed by atoms with Gasteiger partial charge in [0.15, 0.2) is 0 Å². The lowest BCUT2D eigenvalue weighted by molar-refractivity contribution is -0.154. The molecule has 0 saturated carbocycles. The van der Waals surface area contributed by atoms with Crippen LogP contribution in [-0.4, -0.2) is 61.4 Å². The van der Waals surface area contributed by atoms with Crippen LogP contribution in [0.2, 0.25) is 0 Å². The molecule has 0 bridgehead atoms. The zero-order chi connectivity index (χ0) is 38.8. The summed E-state index contributed by atoms with van der Waals surface area (Å²) in [7, 11) is 0. The van der Waals surface area contributed by atoms with Crippen molar-refractivity contribution in [2.45, 2.75) is 228 Å². The molecule has 6 heteroatoms. The van der Waals surface area contributed by atoms with Crippen LogP contribution < -0.4 is 0 Å². The van der Waals surface area contributed by atoms with Crippen molar-refractivity contribution < 1.29 is 24.2 Å². The molecule has 0 atom stereocenters. The molecular formula is C46H91NO5. The number of hydrogen-bond donors (Lipinski definition) is 1. The van der Waals surface area contributed by atoms with E-state index in [0.717, 1.165) is 96.7 Å². The number of aliphatic hydroxyl groups excluding tert-OH is 1. The minimum absolute atomic E-state index is 0.000985. The number of rotatable bonds is 39. The van der Waals surface area contributed by atoms with E-state index in [0.29, 0.717) is 25.6 Å². The fourth-order valence-electron chi connectivity index (χ4n) is 7.26. The van der Waals surface area contributed by atoms with Gasteiger partial charge in [-0.25, -0.2) is 0 Å². The Morgan fingerprint density at radius 3 is 1.62 bits per heavy atom. The average Bonchev–Trinajstić information content (AvgIpc) is 3.11. The third-order valence-electron chi connectivity index (χ3n) is 11.1. The Balaban J connectivity index is 4.18. The van der Waals surface area contributed by atoms with Crippen LogP contribution in [0.5, 0.6) is 0 Å². The maximum atomic E-state index is 12.7. The molecule has 0 amide bonds. The summed E-state index contributed by atoms with van der Waals surface area (Å²) in [4.78, 5) is 27.7. The highest BCUT2D eigenvalue weighted by atomic mass is 16.5. The van der Waals surface area contributed by atoms with Crippen molar-refractivity contribution in [1.29, 1.82) is 0 Å². The van der Waals surface area contributed by atoms with Gasteiger partial charge in [0.05, 0.1) is 25.2 Å². The van der Waals surface area contributed by atoms with Gasteiger partial charge in [0.1, 0.15) is 0 Å². The standard InChI is InChI=1S/C46H91NO5/c1-8-11-14-17-18-21-29-40-51-44(50)46(6,7)35-26-19-20-27-36-47(38-39-48)37-28-22-25-34-45(4,5)41-52-43(49)33-32-42(30-23-15-12-9-2)31-24-16-13-10-3/h42,48H,8-41H2,1-7H3. The highest BCUT2D eigenvalue weighted by Crippen LogP contribution is 2.28. The van der Waals surface area contributed by atoms with Crippen molar-refractivity contribution in [3.8, 4) is 0 Å². The van der Waals surface area contributed by atoms with E-state index in [1.165, 1.54) is 96.3 Å². The number of hydrogen-bond acceptors (Lipinski definition) is 6. The van der Waals surface area contributed by atoms with E-state index >= 15 is 0 Å². The van der Waals surface area contributed by atoms with Crippen molar-refractivity contribution in [2.24, 2.45) is 16.7 Å². The van der Waals surface area contributed by atoms with Gasteiger partial charge in [-0.15, -0.1) is 0 Å². The Hall–Kier alpha value is -1.14. The monoisotopic (exact) mass is 738 g/mol. The Labute approximate surface area is 324 Å². The number of aliphatic hydroxyl groups is 1. The lowest BCUT2D eigenvalue weighted by atomic mass is 9.87. The molecule has 0 saturated heterocycles. The summed E-state index contributed by atoms with van der Waals surface area (Å²) >= 11 is 0. The van der Waals surface area contributed by atoms with Gasteiger partial charge in [-0.1, -0.05) is 169 Å². The highest BCUT2D eigenvalue weighted by molar-refractivity contribution is 5.75. The Morgan fingerprint density at radius 1 is 0.558 bits per heavy atom. The normalized spacial score (nSPS) is 12.3. The van der Waals surface area contributed by atoms with Crippen molar-refractivity contribution >= 4 is 11.9 Å². The maximum Gasteiger partial charge on any atom is 0.311 e. The van der Waals surface area contributed by atoms with E-state index in [9.17, 15) is 14.7 Å². The number of unbranched alkanes of at least 4 members (excludes halogenated alkanes) is 17. The van der Waals surface area contributed by atoms with Crippen molar-refractivity contribution in [3.63, 3.8) is 0 Å². The molecule has 310 valence electrons. The first-order valence-corrected chi connectivity index (χ1v) is 22.7. The molecule has 0 aromatic carbocycles. The predicted octanol–water partition coefficient (Wildman–Crippen LogP) is 13.0. The summed E-state index contributed by atoms with van der Waals surface area (Å²) in [6, 6.07) is 0. The molecule has 0 radical (unpaired) electrons. The SMILES string of the molecule is CCCCCCCCCOC(=O)C(C)(C)CCCCCCN(CCO)CCCCCC(C)(C)COC(=O)CCC(CCCCCC)CCCCCC. The lowest BCUT2D eigenvalue weighted by Gasteiger charge is -2.25. The highest BCUT2D eigenvalue weighted by Gasteiger charge is 2.28. The summed E-state index contributed by atoms with van der Waals surface area (Å²) in [5.74, 6) is 0.607. The molecule has 0 aliphatic rings. The second kappa shape index (κ2) is 34.4. The Kier molecular flexibility index (Phi) is 33.6. The number of carbonyl (C=O) groups is 2. The number of carbonyl (C=O) groups excluding carboxylic acids is 2. The average molecular weight is 738 g/mol. The molecule has 0 aliphatic heterocycles. The van der Waals surface area contributed by atoms with Crippen LogP contribution >= 0.6 is 0 Å². The second-order valence-electron chi connectivity index (χ2n) is 17.6. The van der Waals surface area contributed by atoms with Gasteiger partial charge in [-0.2, -0.15) is 0 Å². The fourth-order valence-corrected chi connectivity index (χ4v) is 7.26. The Bertz CT molecular complexity index is 801. The molecule has 0 aromatic heterocycles. The third-order valence-corrected chi connectivity index (χ3v) is 11.1. The number of esters is 2. The molecule has 0 aliphatic carbocycles. The zero-order valence-electron chi connectivity index (χ0n) is 36.1. The molecular weight excluding hydrogens is 647 g/mol. The van der Waals surface area contributed by atoms with Crippen LogP contribution in [0.1, 0.15) is 228 Å². The van der Waals surface area contributed by atoms with E-state index < -0.39 is 5.41 Å². The van der Waals surface area contributed by atoms with Gasteiger partial charge in [0.2, 0.25) is 0 Å². The van der Waals surface area contributed by atoms with E-state index in [-0.39, 0.29) is 24.0 Å². The maximum absolute atomic E-state index is 12.7.